The molecule has 0 saturated heterocycles. The van der Waals surface area contributed by atoms with Crippen LogP contribution >= 0.6 is 7.60 Å². The lowest BCUT2D eigenvalue weighted by molar-refractivity contribution is 0.360. The monoisotopic (exact) mass is 404 g/mol. The number of benzene rings is 2. The lowest BCUT2D eigenvalue weighted by Gasteiger charge is -2.15. The highest BCUT2D eigenvalue weighted by Gasteiger charge is 2.38. The van der Waals surface area contributed by atoms with Gasteiger partial charge in [-0.15, -0.1) is 0 Å². The second-order valence-electron chi connectivity index (χ2n) is 5.63. The van der Waals surface area contributed by atoms with Gasteiger partial charge in [0.1, 0.15) is 5.75 Å². The highest BCUT2D eigenvalue weighted by molar-refractivity contribution is 7.93. The van der Waals surface area contributed by atoms with Gasteiger partial charge in [0.25, 0.3) is 10.1 Å². The normalized spacial score (nSPS) is 13.4. The number of hydrogen-bond acceptors (Lipinski definition) is 4. The Morgan fingerprint density at radius 2 is 1.69 bits per heavy atom. The van der Waals surface area contributed by atoms with E-state index in [1.54, 1.807) is 36.4 Å². The van der Waals surface area contributed by atoms with Crippen molar-refractivity contribution in [2.24, 2.45) is 0 Å². The van der Waals surface area contributed by atoms with E-state index in [2.05, 4.69) is 0 Å². The van der Waals surface area contributed by atoms with Crippen LogP contribution in [0.1, 0.15) is 18.4 Å². The Morgan fingerprint density at radius 3 is 2.23 bits per heavy atom. The van der Waals surface area contributed by atoms with E-state index in [1.807, 2.05) is 0 Å². The SMILES string of the molecule is O=P(O)(O)C(CCCc1ccc(Oc2ccccc2F)cc1)S(=O)(=O)O. The van der Waals surface area contributed by atoms with Crippen molar-refractivity contribution in [2.75, 3.05) is 0 Å². The molecule has 26 heavy (non-hydrogen) atoms. The first-order chi connectivity index (χ1) is 12.1. The lowest BCUT2D eigenvalue weighted by Crippen LogP contribution is -2.20. The second-order valence-corrected chi connectivity index (χ2v) is 9.38. The summed E-state index contributed by atoms with van der Waals surface area (Å²) >= 11 is 0. The predicted molar refractivity (Wildman–Crippen MR) is 93.2 cm³/mol. The molecule has 0 fully saturated rings. The zero-order valence-corrected chi connectivity index (χ0v) is 15.2. The van der Waals surface area contributed by atoms with E-state index in [-0.39, 0.29) is 18.6 Å². The van der Waals surface area contributed by atoms with Crippen molar-refractivity contribution in [3.8, 4) is 11.5 Å². The van der Waals surface area contributed by atoms with Gasteiger partial charge in [-0.25, -0.2) is 4.39 Å². The maximum atomic E-state index is 13.5. The van der Waals surface area contributed by atoms with Crippen LogP contribution in [0.4, 0.5) is 4.39 Å². The third-order valence-electron chi connectivity index (χ3n) is 3.62. The molecule has 0 aromatic heterocycles. The predicted octanol–water partition coefficient (Wildman–Crippen LogP) is 3.33. The van der Waals surface area contributed by atoms with Crippen molar-refractivity contribution in [3.63, 3.8) is 0 Å². The zero-order chi connectivity index (χ0) is 19.4. The van der Waals surface area contributed by atoms with Crippen molar-refractivity contribution < 1.29 is 36.4 Å². The molecule has 3 N–H and O–H groups in total. The molecule has 1 unspecified atom stereocenters. The van der Waals surface area contributed by atoms with Gasteiger partial charge in [-0.1, -0.05) is 24.3 Å². The van der Waals surface area contributed by atoms with Gasteiger partial charge in [-0.2, -0.15) is 8.42 Å². The Balaban J connectivity index is 1.95. The average molecular weight is 404 g/mol. The largest absolute Gasteiger partial charge is 0.454 e. The van der Waals surface area contributed by atoms with Crippen LogP contribution in [0.5, 0.6) is 11.5 Å². The molecule has 10 heteroatoms. The summed E-state index contributed by atoms with van der Waals surface area (Å²) in [6.07, 6.45) is 0.103. The molecule has 0 saturated carbocycles. The summed E-state index contributed by atoms with van der Waals surface area (Å²) in [4.78, 5) is 15.9. The summed E-state index contributed by atoms with van der Waals surface area (Å²) in [5, 5.41) is 0. The minimum Gasteiger partial charge on any atom is -0.454 e. The molecule has 7 nitrogen and oxygen atoms in total. The van der Waals surface area contributed by atoms with Crippen LogP contribution in [-0.2, 0) is 21.1 Å². The van der Waals surface area contributed by atoms with E-state index in [4.69, 9.17) is 19.1 Å². The van der Waals surface area contributed by atoms with Crippen molar-refractivity contribution in [1.29, 1.82) is 0 Å². The van der Waals surface area contributed by atoms with E-state index in [0.717, 1.165) is 5.56 Å². The third kappa shape index (κ3) is 5.89. The molecule has 2 aromatic carbocycles. The van der Waals surface area contributed by atoms with Gasteiger partial charge >= 0.3 is 7.60 Å². The molecule has 0 radical (unpaired) electrons. The fraction of sp³-hybridized carbons (Fsp3) is 0.250. The van der Waals surface area contributed by atoms with Gasteiger partial charge in [0.05, 0.1) is 0 Å². The third-order valence-corrected chi connectivity index (χ3v) is 7.18. The minimum absolute atomic E-state index is 0.0814. The first kappa shape index (κ1) is 20.5. The molecule has 0 heterocycles. The first-order valence-corrected chi connectivity index (χ1v) is 10.8. The Labute approximate surface area is 150 Å². The van der Waals surface area contributed by atoms with E-state index in [1.165, 1.54) is 12.1 Å². The number of ether oxygens (including phenoxy) is 1. The summed E-state index contributed by atoms with van der Waals surface area (Å²) in [5.74, 6) is -0.00645. The quantitative estimate of drug-likeness (QED) is 0.456. The number of aryl methyl sites for hydroxylation is 1. The van der Waals surface area contributed by atoms with Crippen LogP contribution in [0.2, 0.25) is 0 Å². The smallest absolute Gasteiger partial charge is 0.346 e. The molecule has 142 valence electrons. The molecule has 2 aromatic rings. The van der Waals surface area contributed by atoms with E-state index in [0.29, 0.717) is 12.2 Å². The Hall–Kier alpha value is -1.77. The molecular weight excluding hydrogens is 386 g/mol. The molecule has 0 spiro atoms. The van der Waals surface area contributed by atoms with Crippen molar-refractivity contribution in [2.45, 2.75) is 24.3 Å². The van der Waals surface area contributed by atoms with Crippen LogP contribution in [0.25, 0.3) is 0 Å². The van der Waals surface area contributed by atoms with E-state index in [9.17, 15) is 17.4 Å². The first-order valence-electron chi connectivity index (χ1n) is 7.60. The number of para-hydroxylation sites is 1. The van der Waals surface area contributed by atoms with Crippen molar-refractivity contribution in [1.82, 2.24) is 0 Å². The molecular formula is C16H18FO7PS. The number of hydrogen-bond donors (Lipinski definition) is 3. The summed E-state index contributed by atoms with van der Waals surface area (Å²) in [7, 11) is -9.80. The standard InChI is InChI=1S/C16H18FO7PS/c17-14-5-1-2-6-15(14)24-13-10-8-12(9-11-13)4-3-7-16(25(18,19)20)26(21,22)23/h1-2,5-6,8-11,16H,3-4,7H2,(H2,18,19,20)(H,21,22,23). The topological polar surface area (TPSA) is 121 Å². The number of rotatable bonds is 8. The van der Waals surface area contributed by atoms with Gasteiger partial charge in [0.2, 0.25) is 0 Å². The van der Waals surface area contributed by atoms with Crippen LogP contribution in [-0.4, -0.2) is 27.7 Å². The molecule has 1 atom stereocenters. The van der Waals surface area contributed by atoms with Crippen molar-refractivity contribution in [3.05, 3.63) is 59.9 Å². The summed E-state index contributed by atoms with van der Waals surface area (Å²) < 4.78 is 61.2. The maximum Gasteiger partial charge on any atom is 0.346 e. The van der Waals surface area contributed by atoms with Crippen LogP contribution in [0.3, 0.4) is 0 Å². The Morgan fingerprint density at radius 1 is 1.08 bits per heavy atom. The van der Waals surface area contributed by atoms with Crippen LogP contribution < -0.4 is 4.74 Å². The van der Waals surface area contributed by atoms with E-state index >= 15 is 0 Å². The van der Waals surface area contributed by atoms with Crippen LogP contribution in [0.15, 0.2) is 48.5 Å². The molecule has 0 aliphatic carbocycles. The molecule has 0 aliphatic rings. The van der Waals surface area contributed by atoms with Crippen molar-refractivity contribution >= 4 is 17.7 Å². The zero-order valence-electron chi connectivity index (χ0n) is 13.5. The van der Waals surface area contributed by atoms with Gasteiger partial charge < -0.3 is 14.5 Å². The second kappa shape index (κ2) is 8.28. The average Bonchev–Trinajstić information content (AvgIpc) is 2.53. The summed E-state index contributed by atoms with van der Waals surface area (Å²) in [5.41, 5.74) is 0.769. The fourth-order valence-electron chi connectivity index (χ4n) is 2.35. The van der Waals surface area contributed by atoms with Gasteiger partial charge in [-0.05, 0) is 49.1 Å². The van der Waals surface area contributed by atoms with E-state index < -0.39 is 28.5 Å². The lowest BCUT2D eigenvalue weighted by atomic mass is 10.1. The maximum absolute atomic E-state index is 13.5. The minimum atomic E-state index is -4.96. The molecule has 0 bridgehead atoms. The van der Waals surface area contributed by atoms with Gasteiger partial charge in [-0.3, -0.25) is 9.12 Å². The van der Waals surface area contributed by atoms with Crippen LogP contribution in [0, 0.1) is 5.82 Å². The summed E-state index contributed by atoms with van der Waals surface area (Å²) in [6, 6.07) is 12.5. The Bertz CT molecular complexity index is 893. The Kier molecular flexibility index (Phi) is 6.54. The highest BCUT2D eigenvalue weighted by Crippen LogP contribution is 2.46. The van der Waals surface area contributed by atoms with Gasteiger partial charge in [0, 0.05) is 0 Å². The van der Waals surface area contributed by atoms with Gasteiger partial charge in [0.15, 0.2) is 16.6 Å². The summed E-state index contributed by atoms with van der Waals surface area (Å²) in [6.45, 7) is 0. The fourth-order valence-corrected chi connectivity index (χ4v) is 4.72. The number of halogens is 1. The molecule has 0 amide bonds. The molecule has 0 aliphatic heterocycles. The highest BCUT2D eigenvalue weighted by atomic mass is 32.2. The molecule has 2 rings (SSSR count).